The van der Waals surface area contributed by atoms with E-state index >= 15 is 0 Å². The van der Waals surface area contributed by atoms with Crippen molar-refractivity contribution >= 4 is 17.3 Å². The molecule has 1 unspecified atom stereocenters. The lowest BCUT2D eigenvalue weighted by molar-refractivity contribution is -0.384. The monoisotopic (exact) mass is 233 g/mol. The number of methoxy groups -OCH3 is 1. The van der Waals surface area contributed by atoms with Gasteiger partial charge in [0, 0.05) is 12.1 Å². The minimum absolute atomic E-state index is 0.0748. The van der Waals surface area contributed by atoms with E-state index in [0.29, 0.717) is 5.75 Å². The summed E-state index contributed by atoms with van der Waals surface area (Å²) in [5, 5.41) is 18.0. The Morgan fingerprint density at radius 2 is 1.87 bits per heavy atom. The van der Waals surface area contributed by atoms with Crippen LogP contribution in [0.2, 0.25) is 0 Å². The van der Waals surface area contributed by atoms with Crippen LogP contribution in [0, 0.1) is 10.1 Å². The number of aliphatic hydroxyl groups is 1. The SMILES string of the molecule is CC(O)Cl.COc1ccc([N+](=O)[O-])cc1. The molecule has 0 aliphatic rings. The third kappa shape index (κ3) is 6.70. The lowest BCUT2D eigenvalue weighted by Gasteiger charge is -1.96. The Morgan fingerprint density at radius 1 is 1.47 bits per heavy atom. The standard InChI is InChI=1S/C7H7NO3.C2H5ClO/c1-11-7-4-2-6(3-5-7)8(9)10;1-2(3)4/h2-5H,1H3;2,4H,1H3. The first-order valence-corrected chi connectivity index (χ1v) is 4.51. The Bertz CT molecular complexity index is 297. The summed E-state index contributed by atoms with van der Waals surface area (Å²) >= 11 is 4.83. The molecule has 0 aromatic heterocycles. The fourth-order valence-corrected chi connectivity index (χ4v) is 0.704. The van der Waals surface area contributed by atoms with Crippen LogP contribution in [0.15, 0.2) is 24.3 Å². The molecule has 0 bridgehead atoms. The number of benzene rings is 1. The molecule has 1 aromatic carbocycles. The summed E-state index contributed by atoms with van der Waals surface area (Å²) in [5.74, 6) is 0.621. The number of nitro groups is 1. The zero-order valence-corrected chi connectivity index (χ0v) is 9.14. The van der Waals surface area contributed by atoms with E-state index < -0.39 is 10.5 Å². The molecule has 0 aliphatic carbocycles. The van der Waals surface area contributed by atoms with E-state index in [-0.39, 0.29) is 5.69 Å². The fraction of sp³-hybridized carbons (Fsp3) is 0.333. The second-order valence-electron chi connectivity index (χ2n) is 2.53. The first kappa shape index (κ1) is 13.7. The van der Waals surface area contributed by atoms with Crippen LogP contribution < -0.4 is 4.74 Å². The summed E-state index contributed by atoms with van der Waals surface area (Å²) in [6.07, 6.45) is 0. The van der Waals surface area contributed by atoms with Gasteiger partial charge in [-0.1, -0.05) is 11.6 Å². The first-order valence-electron chi connectivity index (χ1n) is 4.08. The summed E-state index contributed by atoms with van der Waals surface area (Å²) in [6, 6.07) is 5.91. The second-order valence-corrected chi connectivity index (χ2v) is 3.16. The Labute approximate surface area is 92.4 Å². The van der Waals surface area contributed by atoms with Crippen molar-refractivity contribution in [2.24, 2.45) is 0 Å². The molecule has 1 atom stereocenters. The Balaban J connectivity index is 0.000000423. The van der Waals surface area contributed by atoms with E-state index in [4.69, 9.17) is 21.4 Å². The molecule has 1 rings (SSSR count). The maximum Gasteiger partial charge on any atom is 0.269 e. The molecule has 84 valence electrons. The van der Waals surface area contributed by atoms with Crippen molar-refractivity contribution in [1.29, 1.82) is 0 Å². The van der Waals surface area contributed by atoms with E-state index in [1.807, 2.05) is 0 Å². The molecule has 0 aliphatic heterocycles. The molecule has 1 aromatic rings. The summed E-state index contributed by atoms with van der Waals surface area (Å²) in [4.78, 5) is 9.72. The highest BCUT2D eigenvalue weighted by Gasteiger charge is 2.02. The highest BCUT2D eigenvalue weighted by molar-refractivity contribution is 6.19. The van der Waals surface area contributed by atoms with Crippen molar-refractivity contribution in [1.82, 2.24) is 0 Å². The Hall–Kier alpha value is -1.33. The van der Waals surface area contributed by atoms with E-state index in [0.717, 1.165) is 0 Å². The number of hydrogen-bond donors (Lipinski definition) is 1. The summed E-state index contributed by atoms with van der Waals surface area (Å²) in [7, 11) is 1.52. The van der Waals surface area contributed by atoms with Crippen molar-refractivity contribution in [2.45, 2.75) is 12.5 Å². The number of alkyl halides is 1. The van der Waals surface area contributed by atoms with Crippen LogP contribution in [0.3, 0.4) is 0 Å². The highest BCUT2D eigenvalue weighted by Crippen LogP contribution is 2.16. The highest BCUT2D eigenvalue weighted by atomic mass is 35.5. The second kappa shape index (κ2) is 7.03. The van der Waals surface area contributed by atoms with E-state index in [9.17, 15) is 10.1 Å². The van der Waals surface area contributed by atoms with Crippen LogP contribution in [0.1, 0.15) is 6.92 Å². The smallest absolute Gasteiger partial charge is 0.269 e. The van der Waals surface area contributed by atoms with Gasteiger partial charge in [-0.05, 0) is 19.1 Å². The average molecular weight is 234 g/mol. The van der Waals surface area contributed by atoms with Gasteiger partial charge in [-0.3, -0.25) is 10.1 Å². The molecule has 0 saturated carbocycles. The quantitative estimate of drug-likeness (QED) is 0.483. The van der Waals surface area contributed by atoms with Crippen LogP contribution in [0.4, 0.5) is 5.69 Å². The molecular formula is C9H12ClNO4. The summed E-state index contributed by atoms with van der Waals surface area (Å²) in [5.41, 5.74) is -0.620. The largest absolute Gasteiger partial charge is 0.497 e. The zero-order valence-electron chi connectivity index (χ0n) is 8.38. The number of aliphatic hydroxyl groups excluding tert-OH is 1. The summed E-state index contributed by atoms with van der Waals surface area (Å²) < 4.78 is 4.83. The first-order chi connectivity index (χ1) is 6.97. The molecule has 0 heterocycles. The van der Waals surface area contributed by atoms with Crippen LogP contribution in [0.5, 0.6) is 5.75 Å². The van der Waals surface area contributed by atoms with Crippen molar-refractivity contribution in [3.63, 3.8) is 0 Å². The van der Waals surface area contributed by atoms with Gasteiger partial charge in [0.05, 0.1) is 12.0 Å². The number of halogens is 1. The third-order valence-corrected chi connectivity index (χ3v) is 1.28. The van der Waals surface area contributed by atoms with Gasteiger partial charge in [0.1, 0.15) is 11.3 Å². The minimum atomic E-state index is -0.694. The van der Waals surface area contributed by atoms with Crippen LogP contribution >= 0.6 is 11.6 Å². The van der Waals surface area contributed by atoms with Crippen molar-refractivity contribution in [3.05, 3.63) is 34.4 Å². The lowest BCUT2D eigenvalue weighted by atomic mass is 10.3. The predicted octanol–water partition coefficient (Wildman–Crippen LogP) is 2.17. The van der Waals surface area contributed by atoms with Crippen molar-refractivity contribution in [2.75, 3.05) is 7.11 Å². The number of ether oxygens (including phenoxy) is 1. The molecule has 0 radical (unpaired) electrons. The van der Waals surface area contributed by atoms with Crippen LogP contribution in [-0.2, 0) is 0 Å². The molecule has 0 saturated heterocycles. The third-order valence-electron chi connectivity index (χ3n) is 1.28. The maximum atomic E-state index is 10.2. The molecule has 0 amide bonds. The normalized spacial score (nSPS) is 10.9. The van der Waals surface area contributed by atoms with Crippen LogP contribution in [-0.4, -0.2) is 22.7 Å². The number of nitro benzene ring substituents is 1. The van der Waals surface area contributed by atoms with Crippen LogP contribution in [0.25, 0.3) is 0 Å². The molecule has 0 spiro atoms. The average Bonchev–Trinajstić information content (AvgIpc) is 2.17. The van der Waals surface area contributed by atoms with Gasteiger partial charge in [0.25, 0.3) is 5.69 Å². The number of non-ortho nitro benzene ring substituents is 1. The van der Waals surface area contributed by atoms with Crippen molar-refractivity contribution in [3.8, 4) is 5.75 Å². The molecule has 6 heteroatoms. The van der Waals surface area contributed by atoms with Gasteiger partial charge in [0.15, 0.2) is 0 Å². The van der Waals surface area contributed by atoms with Crippen molar-refractivity contribution < 1.29 is 14.8 Å². The van der Waals surface area contributed by atoms with Gasteiger partial charge < -0.3 is 9.84 Å². The molecule has 1 N–H and O–H groups in total. The topological polar surface area (TPSA) is 72.6 Å². The lowest BCUT2D eigenvalue weighted by Crippen LogP contribution is -1.87. The Morgan fingerprint density at radius 3 is 2.13 bits per heavy atom. The van der Waals surface area contributed by atoms with Gasteiger partial charge >= 0.3 is 0 Å². The molecule has 0 fully saturated rings. The van der Waals surface area contributed by atoms with Gasteiger partial charge in [0.2, 0.25) is 0 Å². The van der Waals surface area contributed by atoms with E-state index in [1.54, 1.807) is 12.1 Å². The number of hydrogen-bond acceptors (Lipinski definition) is 4. The minimum Gasteiger partial charge on any atom is -0.497 e. The number of rotatable bonds is 2. The van der Waals surface area contributed by atoms with Gasteiger partial charge in [-0.2, -0.15) is 0 Å². The predicted molar refractivity (Wildman–Crippen MR) is 57.2 cm³/mol. The number of nitrogens with zero attached hydrogens (tertiary/aromatic N) is 1. The van der Waals surface area contributed by atoms with E-state index in [1.165, 1.54) is 26.2 Å². The summed E-state index contributed by atoms with van der Waals surface area (Å²) in [6.45, 7) is 1.49. The van der Waals surface area contributed by atoms with Gasteiger partial charge in [-0.25, -0.2) is 0 Å². The zero-order chi connectivity index (χ0) is 11.8. The van der Waals surface area contributed by atoms with E-state index in [2.05, 4.69) is 0 Å². The molecule has 5 nitrogen and oxygen atoms in total. The Kier molecular flexibility index (Phi) is 6.40. The maximum absolute atomic E-state index is 10.2. The molecular weight excluding hydrogens is 222 g/mol. The molecule has 15 heavy (non-hydrogen) atoms. The fourth-order valence-electron chi connectivity index (χ4n) is 0.704. The van der Waals surface area contributed by atoms with Gasteiger partial charge in [-0.15, -0.1) is 0 Å².